The second-order valence-corrected chi connectivity index (χ2v) is 12.8. The van der Waals surface area contributed by atoms with Crippen molar-refractivity contribution in [1.82, 2.24) is 20.8 Å². The maximum Gasteiger partial charge on any atom is 0.305 e. The predicted octanol–water partition coefficient (Wildman–Crippen LogP) is 3.40. The first kappa shape index (κ1) is 30.3. The van der Waals surface area contributed by atoms with E-state index in [-0.39, 0.29) is 41.9 Å². The molecule has 2 aromatic rings. The number of para-hydroxylation sites is 1. The number of aryl methyl sites for hydroxylation is 1. The van der Waals surface area contributed by atoms with Crippen LogP contribution in [-0.2, 0) is 38.4 Å². The summed E-state index contributed by atoms with van der Waals surface area (Å²) in [5.41, 5.74) is 3.33. The lowest BCUT2D eigenvalue weighted by Crippen LogP contribution is -2.56. The SMILES string of the molecule is CC[C@H](C)[C@H](CC(C)(C)C)C(=O)NC1CCc2cccc3c2N(C1=O)[C@H](C(=O)N[C@@H](CC(=O)O)Cc1cn[nH]c1)C3. The first-order valence-electron chi connectivity index (χ1n) is 14.6. The second-order valence-electron chi connectivity index (χ2n) is 12.8. The summed E-state index contributed by atoms with van der Waals surface area (Å²) in [6.07, 6.45) is 6.20. The lowest BCUT2D eigenvalue weighted by Gasteiger charge is -2.32. The van der Waals surface area contributed by atoms with Crippen molar-refractivity contribution in [3.05, 3.63) is 47.3 Å². The van der Waals surface area contributed by atoms with Crippen LogP contribution in [0.4, 0.5) is 5.69 Å². The molecule has 0 aliphatic carbocycles. The molecular formula is C31H43N5O5. The van der Waals surface area contributed by atoms with Gasteiger partial charge in [-0.2, -0.15) is 5.10 Å². The molecular weight excluding hydrogens is 522 g/mol. The van der Waals surface area contributed by atoms with Gasteiger partial charge in [0, 0.05) is 24.6 Å². The zero-order chi connectivity index (χ0) is 29.9. The third kappa shape index (κ3) is 7.15. The van der Waals surface area contributed by atoms with Gasteiger partial charge in [-0.05, 0) is 53.7 Å². The van der Waals surface area contributed by atoms with Gasteiger partial charge in [0.25, 0.3) is 0 Å². The van der Waals surface area contributed by atoms with Crippen LogP contribution in [-0.4, -0.2) is 57.1 Å². The molecule has 3 amide bonds. The lowest BCUT2D eigenvalue weighted by atomic mass is 9.77. The fourth-order valence-corrected chi connectivity index (χ4v) is 6.11. The van der Waals surface area contributed by atoms with Gasteiger partial charge in [-0.25, -0.2) is 0 Å². The summed E-state index contributed by atoms with van der Waals surface area (Å²) in [4.78, 5) is 54.6. The van der Waals surface area contributed by atoms with Gasteiger partial charge in [0.15, 0.2) is 0 Å². The Kier molecular flexibility index (Phi) is 9.19. The molecule has 1 aromatic carbocycles. The number of anilines is 1. The van der Waals surface area contributed by atoms with Crippen LogP contribution < -0.4 is 15.5 Å². The minimum atomic E-state index is -1.03. The second kappa shape index (κ2) is 12.4. The average molecular weight is 566 g/mol. The zero-order valence-electron chi connectivity index (χ0n) is 24.7. The van der Waals surface area contributed by atoms with Crippen molar-refractivity contribution < 1.29 is 24.3 Å². The van der Waals surface area contributed by atoms with Gasteiger partial charge in [-0.15, -0.1) is 0 Å². The number of hydrogen-bond donors (Lipinski definition) is 4. The van der Waals surface area contributed by atoms with Crippen LogP contribution in [0.3, 0.4) is 0 Å². The summed E-state index contributed by atoms with van der Waals surface area (Å²) < 4.78 is 0. The lowest BCUT2D eigenvalue weighted by molar-refractivity contribution is -0.138. The Morgan fingerprint density at radius 1 is 1.22 bits per heavy atom. The minimum Gasteiger partial charge on any atom is -0.481 e. The molecule has 41 heavy (non-hydrogen) atoms. The number of carbonyl (C=O) groups excluding carboxylic acids is 3. The van der Waals surface area contributed by atoms with E-state index < -0.39 is 30.0 Å². The van der Waals surface area contributed by atoms with E-state index in [9.17, 15) is 24.3 Å². The van der Waals surface area contributed by atoms with E-state index in [0.29, 0.717) is 25.7 Å². The number of nitrogens with one attached hydrogen (secondary N) is 3. The van der Waals surface area contributed by atoms with Gasteiger partial charge in [0.2, 0.25) is 17.7 Å². The highest BCUT2D eigenvalue weighted by atomic mass is 16.4. The van der Waals surface area contributed by atoms with E-state index >= 15 is 0 Å². The minimum absolute atomic E-state index is 0.0505. The molecule has 2 aliphatic heterocycles. The summed E-state index contributed by atoms with van der Waals surface area (Å²) in [5, 5.41) is 22.0. The summed E-state index contributed by atoms with van der Waals surface area (Å²) in [6.45, 7) is 10.5. The number of aromatic amines is 1. The number of H-pyrrole nitrogens is 1. The molecule has 0 radical (unpaired) electrons. The fourth-order valence-electron chi connectivity index (χ4n) is 6.11. The number of rotatable bonds is 11. The first-order chi connectivity index (χ1) is 19.4. The van der Waals surface area contributed by atoms with Crippen molar-refractivity contribution in [2.24, 2.45) is 17.3 Å². The number of amides is 3. The molecule has 0 fully saturated rings. The third-order valence-electron chi connectivity index (χ3n) is 8.33. The highest BCUT2D eigenvalue weighted by Crippen LogP contribution is 2.39. The summed E-state index contributed by atoms with van der Waals surface area (Å²) >= 11 is 0. The summed E-state index contributed by atoms with van der Waals surface area (Å²) in [7, 11) is 0. The molecule has 4 rings (SSSR count). The van der Waals surface area contributed by atoms with Gasteiger partial charge in [0.05, 0.1) is 18.3 Å². The van der Waals surface area contributed by atoms with Crippen LogP contribution in [0.1, 0.15) is 77.0 Å². The first-order valence-corrected chi connectivity index (χ1v) is 14.6. The zero-order valence-corrected chi connectivity index (χ0v) is 24.7. The highest BCUT2D eigenvalue weighted by Gasteiger charge is 2.45. The predicted molar refractivity (Wildman–Crippen MR) is 155 cm³/mol. The molecule has 5 atom stereocenters. The largest absolute Gasteiger partial charge is 0.481 e. The number of nitrogens with zero attached hydrogens (tertiary/aromatic N) is 2. The van der Waals surface area contributed by atoms with Crippen molar-refractivity contribution in [3.8, 4) is 0 Å². The Bertz CT molecular complexity index is 1270. The van der Waals surface area contributed by atoms with Crippen molar-refractivity contribution in [2.45, 2.75) is 97.7 Å². The van der Waals surface area contributed by atoms with Crippen LogP contribution in [0.25, 0.3) is 0 Å². The number of carboxylic acids is 1. The average Bonchev–Trinajstić information content (AvgIpc) is 3.52. The maximum absolute atomic E-state index is 14.1. The van der Waals surface area contributed by atoms with Crippen molar-refractivity contribution in [1.29, 1.82) is 0 Å². The van der Waals surface area contributed by atoms with E-state index in [0.717, 1.165) is 28.8 Å². The molecule has 0 saturated carbocycles. The Morgan fingerprint density at radius 2 is 1.95 bits per heavy atom. The van der Waals surface area contributed by atoms with Crippen LogP contribution in [0, 0.1) is 17.3 Å². The van der Waals surface area contributed by atoms with Gasteiger partial charge in [0.1, 0.15) is 12.1 Å². The molecule has 3 heterocycles. The van der Waals surface area contributed by atoms with Crippen LogP contribution in [0.15, 0.2) is 30.6 Å². The molecule has 2 aliphatic rings. The monoisotopic (exact) mass is 565 g/mol. The summed E-state index contributed by atoms with van der Waals surface area (Å²) in [6, 6.07) is 3.56. The molecule has 1 aromatic heterocycles. The topological polar surface area (TPSA) is 144 Å². The molecule has 0 bridgehead atoms. The molecule has 10 heteroatoms. The Balaban J connectivity index is 1.58. The Hall–Kier alpha value is -3.69. The molecule has 10 nitrogen and oxygen atoms in total. The standard InChI is InChI=1S/C31H43N5O5/c1-6-18(2)23(15-31(3,4)5)28(39)35-24-11-10-20-8-7-9-21-13-25(36(27(20)21)30(24)41)29(40)34-22(14-26(37)38)12-19-16-32-33-17-19/h7-9,16-18,22-25H,6,10-15H2,1-5H3,(H,32,33)(H,34,40)(H,35,39)(H,37,38)/t18-,22+,23-,24?,25-/m0/s1. The fraction of sp³-hybridized carbons (Fsp3) is 0.581. The van der Waals surface area contributed by atoms with E-state index in [1.165, 1.54) is 0 Å². The van der Waals surface area contributed by atoms with Crippen LogP contribution in [0.5, 0.6) is 0 Å². The van der Waals surface area contributed by atoms with Gasteiger partial charge in [-0.1, -0.05) is 59.2 Å². The summed E-state index contributed by atoms with van der Waals surface area (Å²) in [5.74, 6) is -1.94. The normalized spacial score (nSPS) is 20.5. The molecule has 4 N–H and O–H groups in total. The molecule has 0 spiro atoms. The molecule has 0 saturated heterocycles. The van der Waals surface area contributed by atoms with E-state index in [4.69, 9.17) is 0 Å². The van der Waals surface area contributed by atoms with E-state index in [2.05, 4.69) is 55.4 Å². The van der Waals surface area contributed by atoms with Gasteiger partial charge < -0.3 is 15.7 Å². The number of aliphatic carboxylic acids is 1. The van der Waals surface area contributed by atoms with Crippen molar-refractivity contribution >= 4 is 29.4 Å². The Morgan fingerprint density at radius 3 is 2.59 bits per heavy atom. The van der Waals surface area contributed by atoms with Crippen LogP contribution >= 0.6 is 0 Å². The number of carbonyl (C=O) groups is 4. The maximum atomic E-state index is 14.1. The quantitative estimate of drug-likeness (QED) is 0.329. The van der Waals surface area contributed by atoms with Gasteiger partial charge in [-0.3, -0.25) is 29.2 Å². The van der Waals surface area contributed by atoms with Crippen molar-refractivity contribution in [3.63, 3.8) is 0 Å². The number of hydrogen-bond acceptors (Lipinski definition) is 5. The number of aromatic nitrogens is 2. The third-order valence-corrected chi connectivity index (χ3v) is 8.33. The van der Waals surface area contributed by atoms with E-state index in [1.807, 2.05) is 18.2 Å². The van der Waals surface area contributed by atoms with Crippen LogP contribution in [0.2, 0.25) is 0 Å². The molecule has 1 unspecified atom stereocenters. The Labute approximate surface area is 241 Å². The van der Waals surface area contributed by atoms with Crippen molar-refractivity contribution in [2.75, 3.05) is 4.90 Å². The van der Waals surface area contributed by atoms with Gasteiger partial charge >= 0.3 is 5.97 Å². The van der Waals surface area contributed by atoms with E-state index in [1.54, 1.807) is 17.3 Å². The molecule has 222 valence electrons. The number of carboxylic acid groups (broad SMARTS) is 1. The highest BCUT2D eigenvalue weighted by molar-refractivity contribution is 6.08. The number of benzene rings is 1. The smallest absolute Gasteiger partial charge is 0.305 e.